The van der Waals surface area contributed by atoms with Gasteiger partial charge in [-0.15, -0.1) is 0 Å². The van der Waals surface area contributed by atoms with Gasteiger partial charge < -0.3 is 9.47 Å². The van der Waals surface area contributed by atoms with Crippen molar-refractivity contribution in [2.75, 3.05) is 13.4 Å². The average Bonchev–Trinajstić information content (AvgIpc) is 2.10. The van der Waals surface area contributed by atoms with Crippen molar-refractivity contribution in [1.29, 1.82) is 0 Å². The highest BCUT2D eigenvalue weighted by Crippen LogP contribution is 1.88. The number of hydrogen-bond acceptors (Lipinski definition) is 2. The number of hydrogen-bond donors (Lipinski definition) is 0. The lowest BCUT2D eigenvalue weighted by molar-refractivity contribution is -0.0147. The zero-order valence-corrected chi connectivity index (χ0v) is 7.51. The minimum absolute atomic E-state index is 0.413. The van der Waals surface area contributed by atoms with Crippen LogP contribution in [-0.4, -0.2) is 13.4 Å². The van der Waals surface area contributed by atoms with E-state index in [0.717, 1.165) is 0 Å². The summed E-state index contributed by atoms with van der Waals surface area (Å²) in [5, 5.41) is 0. The summed E-state index contributed by atoms with van der Waals surface area (Å²) in [7, 11) is 0. The molecule has 2 heteroatoms. The van der Waals surface area contributed by atoms with Crippen LogP contribution in [0.3, 0.4) is 0 Å². The van der Waals surface area contributed by atoms with Crippen LogP contribution in [0, 0.1) is 0 Å². The van der Waals surface area contributed by atoms with Gasteiger partial charge in [-0.25, -0.2) is 0 Å². The van der Waals surface area contributed by atoms with Crippen LogP contribution in [-0.2, 0) is 9.47 Å². The summed E-state index contributed by atoms with van der Waals surface area (Å²) in [4.78, 5) is 0. The van der Waals surface area contributed by atoms with Crippen LogP contribution >= 0.6 is 0 Å². The molecule has 0 aromatic heterocycles. The Hall–Kier alpha value is -0.500. The van der Waals surface area contributed by atoms with E-state index in [2.05, 4.69) is 18.6 Å². The van der Waals surface area contributed by atoms with Crippen molar-refractivity contribution in [2.45, 2.75) is 33.1 Å². The Balaban J connectivity index is 0.000000187. The number of ether oxygens (including phenoxy) is 2. The van der Waals surface area contributed by atoms with E-state index in [1.54, 1.807) is 6.26 Å². The van der Waals surface area contributed by atoms with Crippen molar-refractivity contribution < 1.29 is 9.47 Å². The van der Waals surface area contributed by atoms with Gasteiger partial charge >= 0.3 is 0 Å². The van der Waals surface area contributed by atoms with Gasteiger partial charge in [0.05, 0.1) is 12.9 Å². The van der Waals surface area contributed by atoms with Gasteiger partial charge in [-0.3, -0.25) is 0 Å². The van der Waals surface area contributed by atoms with E-state index in [1.807, 2.05) is 6.08 Å². The molecule has 0 aromatic carbocycles. The molecule has 11 heavy (non-hydrogen) atoms. The SMILES string of the molecule is C1=COCOC1.CCCCC. The molecule has 0 N–H and O–H groups in total. The van der Waals surface area contributed by atoms with Crippen LogP contribution < -0.4 is 0 Å². The smallest absolute Gasteiger partial charge is 0.188 e. The minimum atomic E-state index is 0.413. The van der Waals surface area contributed by atoms with E-state index in [-0.39, 0.29) is 0 Å². The predicted octanol–water partition coefficient (Wildman–Crippen LogP) is 2.70. The fourth-order valence-electron chi connectivity index (χ4n) is 0.664. The minimum Gasteiger partial charge on any atom is -0.475 e. The highest BCUT2D eigenvalue weighted by Gasteiger charge is 1.84. The van der Waals surface area contributed by atoms with E-state index >= 15 is 0 Å². The predicted molar refractivity (Wildman–Crippen MR) is 46.2 cm³/mol. The maximum atomic E-state index is 4.76. The summed E-state index contributed by atoms with van der Waals surface area (Å²) in [5.41, 5.74) is 0. The highest BCUT2D eigenvalue weighted by molar-refractivity contribution is 4.73. The molecule has 0 radical (unpaired) electrons. The van der Waals surface area contributed by atoms with Gasteiger partial charge in [0.15, 0.2) is 6.79 Å². The molecule has 1 rings (SSSR count). The molecular formula is C9H18O2. The molecule has 0 saturated heterocycles. The van der Waals surface area contributed by atoms with E-state index in [1.165, 1.54) is 19.3 Å². The topological polar surface area (TPSA) is 18.5 Å². The second kappa shape index (κ2) is 9.50. The normalized spacial score (nSPS) is 14.7. The molecule has 2 nitrogen and oxygen atoms in total. The molecular weight excluding hydrogens is 140 g/mol. The maximum Gasteiger partial charge on any atom is 0.188 e. The summed E-state index contributed by atoms with van der Waals surface area (Å²) in [6, 6.07) is 0. The molecule has 0 atom stereocenters. The monoisotopic (exact) mass is 158 g/mol. The van der Waals surface area contributed by atoms with Crippen LogP contribution in [0.1, 0.15) is 33.1 Å². The molecule has 0 saturated carbocycles. The van der Waals surface area contributed by atoms with Gasteiger partial charge in [-0.2, -0.15) is 0 Å². The zero-order chi connectivity index (χ0) is 8.36. The molecule has 0 fully saturated rings. The zero-order valence-electron chi connectivity index (χ0n) is 7.51. The molecule has 0 bridgehead atoms. The van der Waals surface area contributed by atoms with Crippen LogP contribution in [0.15, 0.2) is 12.3 Å². The summed E-state index contributed by atoms with van der Waals surface area (Å²) in [6.45, 7) is 5.53. The lowest BCUT2D eigenvalue weighted by Crippen LogP contribution is -1.99. The maximum absolute atomic E-state index is 4.76. The van der Waals surface area contributed by atoms with Crippen molar-refractivity contribution in [2.24, 2.45) is 0 Å². The van der Waals surface area contributed by atoms with Gasteiger partial charge in [0.1, 0.15) is 0 Å². The highest BCUT2D eigenvalue weighted by atomic mass is 16.7. The van der Waals surface area contributed by atoms with Crippen LogP contribution in [0.4, 0.5) is 0 Å². The van der Waals surface area contributed by atoms with Gasteiger partial charge in [0.2, 0.25) is 0 Å². The van der Waals surface area contributed by atoms with E-state index in [4.69, 9.17) is 4.74 Å². The second-order valence-corrected chi connectivity index (χ2v) is 2.38. The molecule has 1 aliphatic heterocycles. The first-order valence-corrected chi connectivity index (χ1v) is 4.26. The van der Waals surface area contributed by atoms with E-state index < -0.39 is 0 Å². The first-order valence-electron chi connectivity index (χ1n) is 4.26. The molecule has 1 aliphatic rings. The van der Waals surface area contributed by atoms with Gasteiger partial charge in [0, 0.05) is 0 Å². The largest absolute Gasteiger partial charge is 0.475 e. The van der Waals surface area contributed by atoms with Crippen molar-refractivity contribution in [1.82, 2.24) is 0 Å². The van der Waals surface area contributed by atoms with Crippen LogP contribution in [0.2, 0.25) is 0 Å². The fourth-order valence-corrected chi connectivity index (χ4v) is 0.664. The number of unbranched alkanes of at least 4 members (excludes halogenated alkanes) is 2. The van der Waals surface area contributed by atoms with Crippen LogP contribution in [0.25, 0.3) is 0 Å². The fraction of sp³-hybridized carbons (Fsp3) is 0.778. The first-order chi connectivity index (χ1) is 5.41. The third-order valence-corrected chi connectivity index (χ3v) is 1.27. The van der Waals surface area contributed by atoms with Crippen molar-refractivity contribution in [3.63, 3.8) is 0 Å². The molecule has 0 unspecified atom stereocenters. The van der Waals surface area contributed by atoms with Crippen molar-refractivity contribution in [3.05, 3.63) is 12.3 Å². The lowest BCUT2D eigenvalue weighted by Gasteiger charge is -2.03. The Labute approximate surface area is 69.2 Å². The Morgan fingerprint density at radius 3 is 2.09 bits per heavy atom. The van der Waals surface area contributed by atoms with E-state index in [0.29, 0.717) is 13.4 Å². The third-order valence-electron chi connectivity index (χ3n) is 1.27. The summed E-state index contributed by atoms with van der Waals surface area (Å²) >= 11 is 0. The van der Waals surface area contributed by atoms with Crippen LogP contribution in [0.5, 0.6) is 0 Å². The molecule has 0 spiro atoms. The van der Waals surface area contributed by atoms with E-state index in [9.17, 15) is 0 Å². The number of rotatable bonds is 2. The van der Waals surface area contributed by atoms with Gasteiger partial charge in [0.25, 0.3) is 0 Å². The molecule has 0 aliphatic carbocycles. The summed E-state index contributed by atoms with van der Waals surface area (Å²) in [6.07, 6.45) is 7.54. The summed E-state index contributed by atoms with van der Waals surface area (Å²) < 4.78 is 9.43. The average molecular weight is 158 g/mol. The summed E-state index contributed by atoms with van der Waals surface area (Å²) in [5.74, 6) is 0. The third kappa shape index (κ3) is 9.50. The Morgan fingerprint density at radius 2 is 2.00 bits per heavy atom. The van der Waals surface area contributed by atoms with Crippen molar-refractivity contribution in [3.8, 4) is 0 Å². The standard InChI is InChI=1S/C5H12.C4H6O2/c1-3-5-4-2;1-2-5-4-6-3-1/h3-5H2,1-2H3;1-2H,3-4H2. The van der Waals surface area contributed by atoms with Gasteiger partial charge in [-0.05, 0) is 6.08 Å². The Kier molecular flexibility index (Phi) is 9.07. The second-order valence-electron chi connectivity index (χ2n) is 2.38. The molecule has 1 heterocycles. The molecule has 0 aromatic rings. The quantitative estimate of drug-likeness (QED) is 0.615. The Morgan fingerprint density at radius 1 is 1.27 bits per heavy atom. The lowest BCUT2D eigenvalue weighted by atomic mass is 10.3. The molecule has 66 valence electrons. The first kappa shape index (κ1) is 10.5. The Bertz CT molecular complexity index is 79.6. The van der Waals surface area contributed by atoms with Gasteiger partial charge in [-0.1, -0.05) is 33.1 Å². The molecule has 0 amide bonds. The van der Waals surface area contributed by atoms with Crippen molar-refractivity contribution >= 4 is 0 Å².